The molecule has 0 radical (unpaired) electrons. The first-order valence-corrected chi connectivity index (χ1v) is 6.97. The maximum absolute atomic E-state index is 12.0. The Kier molecular flexibility index (Phi) is 6.31. The molecule has 1 heterocycles. The van der Waals surface area contributed by atoms with Crippen LogP contribution in [-0.2, 0) is 6.54 Å². The van der Waals surface area contributed by atoms with Gasteiger partial charge in [0.1, 0.15) is 5.02 Å². The largest absolute Gasteiger partial charge is 0.393 e. The summed E-state index contributed by atoms with van der Waals surface area (Å²) < 4.78 is 1.38. The van der Waals surface area contributed by atoms with Crippen LogP contribution in [0.15, 0.2) is 11.0 Å². The predicted octanol–water partition coefficient (Wildman–Crippen LogP) is 2.13. The molecule has 1 aromatic heterocycles. The van der Waals surface area contributed by atoms with Crippen LogP contribution < -0.4 is 10.9 Å². The van der Waals surface area contributed by atoms with E-state index in [1.165, 1.54) is 4.68 Å². The summed E-state index contributed by atoms with van der Waals surface area (Å²) in [5.74, 6) is 0.339. The zero-order valence-corrected chi connectivity index (χ0v) is 12.4. The molecule has 0 bridgehead atoms. The van der Waals surface area contributed by atoms with E-state index in [9.17, 15) is 4.79 Å². The minimum Gasteiger partial charge on any atom is -0.393 e. The molecule has 0 aliphatic heterocycles. The van der Waals surface area contributed by atoms with Gasteiger partial charge < -0.3 is 10.4 Å². The Morgan fingerprint density at radius 1 is 1.47 bits per heavy atom. The van der Waals surface area contributed by atoms with Gasteiger partial charge >= 0.3 is 0 Å². The number of nitrogens with one attached hydrogen (secondary N) is 1. The van der Waals surface area contributed by atoms with Crippen LogP contribution in [0.4, 0.5) is 5.69 Å². The van der Waals surface area contributed by atoms with Crippen molar-refractivity contribution in [1.29, 1.82) is 0 Å². The predicted molar refractivity (Wildman–Crippen MR) is 77.7 cm³/mol. The third-order valence-electron chi connectivity index (χ3n) is 2.64. The number of halogens is 1. The molecule has 0 amide bonds. The van der Waals surface area contributed by atoms with Gasteiger partial charge in [-0.2, -0.15) is 5.10 Å². The second-order valence-corrected chi connectivity index (χ2v) is 5.55. The monoisotopic (exact) mass is 287 g/mol. The summed E-state index contributed by atoms with van der Waals surface area (Å²) >= 11 is 6.04. The SMILES string of the molecule is CC(C)Cn1ncc(NCCCC(C)O)c(Cl)c1=O. The first-order chi connectivity index (χ1) is 8.91. The number of aliphatic hydroxyl groups is 1. The van der Waals surface area contributed by atoms with Crippen molar-refractivity contribution in [2.45, 2.75) is 46.3 Å². The van der Waals surface area contributed by atoms with Gasteiger partial charge in [0.2, 0.25) is 0 Å². The molecular weight excluding hydrogens is 266 g/mol. The zero-order valence-electron chi connectivity index (χ0n) is 11.7. The van der Waals surface area contributed by atoms with Crippen molar-refractivity contribution in [3.8, 4) is 0 Å². The van der Waals surface area contributed by atoms with Gasteiger partial charge in [-0.25, -0.2) is 4.68 Å². The molecule has 108 valence electrons. The molecule has 0 aromatic carbocycles. The minimum absolute atomic E-state index is 0.174. The fourth-order valence-electron chi connectivity index (χ4n) is 1.68. The molecule has 0 aliphatic rings. The van der Waals surface area contributed by atoms with E-state index in [1.54, 1.807) is 13.1 Å². The van der Waals surface area contributed by atoms with Crippen molar-refractivity contribution in [2.24, 2.45) is 5.92 Å². The Morgan fingerprint density at radius 2 is 2.16 bits per heavy atom. The van der Waals surface area contributed by atoms with Crippen LogP contribution in [-0.4, -0.2) is 27.5 Å². The van der Waals surface area contributed by atoms with E-state index in [0.29, 0.717) is 31.1 Å². The molecule has 1 aromatic rings. The number of nitrogens with zero attached hydrogens (tertiary/aromatic N) is 2. The van der Waals surface area contributed by atoms with E-state index < -0.39 is 0 Å². The van der Waals surface area contributed by atoms with Crippen molar-refractivity contribution in [1.82, 2.24) is 9.78 Å². The van der Waals surface area contributed by atoms with E-state index in [2.05, 4.69) is 10.4 Å². The molecular formula is C13H22ClN3O2. The van der Waals surface area contributed by atoms with Crippen molar-refractivity contribution >= 4 is 17.3 Å². The standard InChI is InChI=1S/C13H22ClN3O2/c1-9(2)8-17-13(19)12(14)11(7-16-17)15-6-4-5-10(3)18/h7,9-10,15,18H,4-6,8H2,1-3H3. The summed E-state index contributed by atoms with van der Waals surface area (Å²) in [5, 5.41) is 16.5. The van der Waals surface area contributed by atoms with E-state index in [-0.39, 0.29) is 16.7 Å². The Morgan fingerprint density at radius 3 is 2.74 bits per heavy atom. The molecule has 2 N–H and O–H groups in total. The van der Waals surface area contributed by atoms with Crippen LogP contribution >= 0.6 is 11.6 Å². The molecule has 0 saturated heterocycles. The van der Waals surface area contributed by atoms with Gasteiger partial charge in [-0.1, -0.05) is 25.4 Å². The number of anilines is 1. The molecule has 0 fully saturated rings. The van der Waals surface area contributed by atoms with Crippen LogP contribution in [0.3, 0.4) is 0 Å². The maximum atomic E-state index is 12.0. The van der Waals surface area contributed by atoms with Crippen molar-refractivity contribution in [3.05, 3.63) is 21.6 Å². The maximum Gasteiger partial charge on any atom is 0.287 e. The highest BCUT2D eigenvalue weighted by Gasteiger charge is 2.09. The Hall–Kier alpha value is -1.07. The quantitative estimate of drug-likeness (QED) is 0.754. The van der Waals surface area contributed by atoms with Crippen LogP contribution in [0, 0.1) is 5.92 Å². The van der Waals surface area contributed by atoms with Crippen molar-refractivity contribution in [2.75, 3.05) is 11.9 Å². The van der Waals surface area contributed by atoms with Crippen LogP contribution in [0.1, 0.15) is 33.6 Å². The zero-order chi connectivity index (χ0) is 14.4. The number of rotatable bonds is 7. The van der Waals surface area contributed by atoms with E-state index in [1.807, 2.05) is 13.8 Å². The van der Waals surface area contributed by atoms with Crippen LogP contribution in [0.2, 0.25) is 5.02 Å². The minimum atomic E-state index is -0.311. The number of aliphatic hydroxyl groups excluding tert-OH is 1. The lowest BCUT2D eigenvalue weighted by Crippen LogP contribution is -2.26. The average molecular weight is 288 g/mol. The van der Waals surface area contributed by atoms with Gasteiger partial charge in [0, 0.05) is 13.1 Å². The summed E-state index contributed by atoms with van der Waals surface area (Å²) in [6.07, 6.45) is 2.79. The first-order valence-electron chi connectivity index (χ1n) is 6.59. The number of hydrogen-bond donors (Lipinski definition) is 2. The highest BCUT2D eigenvalue weighted by atomic mass is 35.5. The van der Waals surface area contributed by atoms with Crippen molar-refractivity contribution in [3.63, 3.8) is 0 Å². The van der Waals surface area contributed by atoms with Gasteiger partial charge in [-0.15, -0.1) is 0 Å². The highest BCUT2D eigenvalue weighted by molar-refractivity contribution is 6.32. The number of hydrogen-bond acceptors (Lipinski definition) is 4. The third-order valence-corrected chi connectivity index (χ3v) is 3.00. The fourth-order valence-corrected chi connectivity index (χ4v) is 1.90. The van der Waals surface area contributed by atoms with Gasteiger partial charge in [-0.3, -0.25) is 4.79 Å². The summed E-state index contributed by atoms with van der Waals surface area (Å²) in [5.41, 5.74) is 0.285. The fraction of sp³-hybridized carbons (Fsp3) is 0.692. The molecule has 0 spiro atoms. The van der Waals surface area contributed by atoms with E-state index in [0.717, 1.165) is 6.42 Å². The topological polar surface area (TPSA) is 67.2 Å². The Labute approximate surface area is 118 Å². The van der Waals surface area contributed by atoms with Gasteiger partial charge in [0.25, 0.3) is 5.56 Å². The first kappa shape index (κ1) is 16.0. The van der Waals surface area contributed by atoms with E-state index in [4.69, 9.17) is 16.7 Å². The third kappa shape index (κ3) is 5.20. The molecule has 5 nitrogen and oxygen atoms in total. The van der Waals surface area contributed by atoms with Gasteiger partial charge in [-0.05, 0) is 25.7 Å². The Bertz CT molecular complexity index is 458. The lowest BCUT2D eigenvalue weighted by atomic mass is 10.2. The molecule has 1 atom stereocenters. The summed E-state index contributed by atoms with van der Waals surface area (Å²) in [4.78, 5) is 12.0. The summed E-state index contributed by atoms with van der Waals surface area (Å²) in [6.45, 7) is 7.00. The van der Waals surface area contributed by atoms with E-state index >= 15 is 0 Å². The van der Waals surface area contributed by atoms with Crippen LogP contribution in [0.5, 0.6) is 0 Å². The average Bonchev–Trinajstić information content (AvgIpc) is 2.32. The second-order valence-electron chi connectivity index (χ2n) is 5.17. The number of aromatic nitrogens is 2. The second kappa shape index (κ2) is 7.50. The lowest BCUT2D eigenvalue weighted by molar-refractivity contribution is 0.183. The van der Waals surface area contributed by atoms with Crippen LogP contribution in [0.25, 0.3) is 0 Å². The summed E-state index contributed by atoms with van der Waals surface area (Å²) in [6, 6.07) is 0. The van der Waals surface area contributed by atoms with Gasteiger partial charge in [0.05, 0.1) is 18.0 Å². The molecule has 1 rings (SSSR count). The molecule has 6 heteroatoms. The molecule has 0 aliphatic carbocycles. The van der Waals surface area contributed by atoms with Gasteiger partial charge in [0.15, 0.2) is 0 Å². The summed E-state index contributed by atoms with van der Waals surface area (Å²) in [7, 11) is 0. The van der Waals surface area contributed by atoms with Crippen molar-refractivity contribution < 1.29 is 5.11 Å². The molecule has 19 heavy (non-hydrogen) atoms. The highest BCUT2D eigenvalue weighted by Crippen LogP contribution is 2.15. The lowest BCUT2D eigenvalue weighted by Gasteiger charge is -2.11. The molecule has 1 unspecified atom stereocenters. The normalized spacial score (nSPS) is 12.7. The Balaban J connectivity index is 2.66. The smallest absolute Gasteiger partial charge is 0.287 e. The molecule has 0 saturated carbocycles.